The van der Waals surface area contributed by atoms with Crippen LogP contribution in [0.5, 0.6) is 0 Å². The van der Waals surface area contributed by atoms with Crippen LogP contribution in [0.4, 0.5) is 14.4 Å². The van der Waals surface area contributed by atoms with E-state index >= 15 is 0 Å². The van der Waals surface area contributed by atoms with E-state index in [2.05, 4.69) is 10.1 Å². The molecule has 326 valence electrons. The Kier molecular flexibility index (Phi) is 42.5. The third kappa shape index (κ3) is 59.2. The molecule has 0 aromatic rings. The number of nitrogens with zero attached hydrogens (tertiary/aromatic N) is 1. The van der Waals surface area contributed by atoms with E-state index < -0.39 is 29.1 Å². The van der Waals surface area contributed by atoms with Gasteiger partial charge in [-0.3, -0.25) is 0 Å². The normalized spacial score (nSPS) is 11.1. The van der Waals surface area contributed by atoms with Gasteiger partial charge in [0.05, 0.1) is 99.1 Å². The Bertz CT molecular complexity index is 811. The number of ether oxygens (including phenoxy) is 10. The van der Waals surface area contributed by atoms with Crippen LogP contribution in [-0.2, 0) is 47.4 Å². The summed E-state index contributed by atoms with van der Waals surface area (Å²) in [6.45, 7) is 22.9. The Hall–Kier alpha value is -2.10. The molecule has 0 radical (unpaired) electrons. The molecule has 0 unspecified atom stereocenters. The highest BCUT2D eigenvalue weighted by atomic mass is 35.5. The highest BCUT2D eigenvalue weighted by Crippen LogP contribution is 2.12. The lowest BCUT2D eigenvalue weighted by Crippen LogP contribution is -2.36. The first-order valence-corrected chi connectivity index (χ1v) is 18.3. The molecule has 0 saturated heterocycles. The number of carbonyl (C=O) groups is 3. The number of alkyl halides is 1. The number of aliphatic hydroxyl groups is 3. The first-order chi connectivity index (χ1) is 25.2. The molecule has 0 fully saturated rings. The number of halogens is 1. The Morgan fingerprint density at radius 1 is 0.537 bits per heavy atom. The van der Waals surface area contributed by atoms with Crippen LogP contribution in [0.15, 0.2) is 0 Å². The van der Waals surface area contributed by atoms with Crippen molar-refractivity contribution in [2.45, 2.75) is 79.1 Å². The second kappa shape index (κ2) is 39.1. The standard InChI is InChI=1S/C12H25NO5.C10H18O5.C7H17NO3.C6H13ClO3/c1-12(2,3)18-11(15)13(4)5-7-16-9-10-17-8-6-14;1-9(2,3)14-7(11)13-8(12)15-10(4,5)6;1-8-2-4-10-6-7-11-5-3-9;7-1-3-9-5-6-10-4-2-8/h14H,5-10H2,1-4H3;1-6H3;8-9H,2-7H2,1H3;8H,1-6H2. The molecule has 0 aromatic heterocycles. The number of hydrogen-bond acceptors (Lipinski definition) is 17. The average Bonchev–Trinajstić information content (AvgIpc) is 3.04. The van der Waals surface area contributed by atoms with Crippen molar-refractivity contribution < 1.29 is 77.1 Å². The summed E-state index contributed by atoms with van der Waals surface area (Å²) in [6.07, 6.45) is -2.48. The summed E-state index contributed by atoms with van der Waals surface area (Å²) < 4.78 is 49.3. The van der Waals surface area contributed by atoms with Crippen LogP contribution in [-0.4, -0.2) is 188 Å². The average molecular weight is 813 g/mol. The number of nitrogens with one attached hydrogen (secondary N) is 1. The second-order valence-corrected chi connectivity index (χ2v) is 13.9. The second-order valence-electron chi connectivity index (χ2n) is 13.6. The lowest BCUT2D eigenvalue weighted by Gasteiger charge is -2.24. The minimum atomic E-state index is -1.06. The Morgan fingerprint density at radius 2 is 0.870 bits per heavy atom. The molecule has 0 heterocycles. The molecule has 1 amide bonds. The fourth-order valence-corrected chi connectivity index (χ4v) is 2.74. The third-order valence-corrected chi connectivity index (χ3v) is 4.92. The van der Waals surface area contributed by atoms with Gasteiger partial charge in [0.25, 0.3) is 0 Å². The number of rotatable bonds is 23. The van der Waals surface area contributed by atoms with Crippen LogP contribution in [0, 0.1) is 0 Å². The zero-order chi connectivity index (χ0) is 42.3. The molecular weight excluding hydrogens is 740 g/mol. The minimum Gasteiger partial charge on any atom is -0.444 e. The lowest BCUT2D eigenvalue weighted by molar-refractivity contribution is -0.0294. The molecule has 0 aromatic carbocycles. The van der Waals surface area contributed by atoms with Gasteiger partial charge in [-0.05, 0) is 69.4 Å². The fourth-order valence-electron chi connectivity index (χ4n) is 2.63. The molecule has 0 aliphatic rings. The van der Waals surface area contributed by atoms with E-state index in [-0.39, 0.29) is 25.9 Å². The third-order valence-electron chi connectivity index (χ3n) is 4.76. The van der Waals surface area contributed by atoms with E-state index in [1.165, 1.54) is 4.90 Å². The van der Waals surface area contributed by atoms with E-state index in [0.29, 0.717) is 91.7 Å². The van der Waals surface area contributed by atoms with Gasteiger partial charge >= 0.3 is 18.4 Å². The van der Waals surface area contributed by atoms with Gasteiger partial charge in [-0.1, -0.05) is 0 Å². The van der Waals surface area contributed by atoms with Gasteiger partial charge in [-0.25, -0.2) is 14.4 Å². The molecule has 0 atom stereocenters. The van der Waals surface area contributed by atoms with Crippen LogP contribution in [0.3, 0.4) is 0 Å². The number of likely N-dealkylation sites (N-methyl/N-ethyl adjacent to an activating group) is 2. The predicted octanol–water partition coefficient (Wildman–Crippen LogP) is 3.23. The molecule has 0 saturated carbocycles. The van der Waals surface area contributed by atoms with Gasteiger partial charge in [0.15, 0.2) is 0 Å². The van der Waals surface area contributed by atoms with Gasteiger partial charge in [0.2, 0.25) is 0 Å². The van der Waals surface area contributed by atoms with Crippen molar-refractivity contribution in [3.63, 3.8) is 0 Å². The SMILES string of the molecule is CC(C)(C)OC(=O)OC(=O)OC(C)(C)C.CN(CCOCCOCCO)C(=O)OC(C)(C)C.CNCCOCCOCCO.OCCOCCOCCCl. The van der Waals surface area contributed by atoms with Gasteiger partial charge in [0.1, 0.15) is 16.8 Å². The Morgan fingerprint density at radius 3 is 1.19 bits per heavy atom. The predicted molar refractivity (Wildman–Crippen MR) is 203 cm³/mol. The summed E-state index contributed by atoms with van der Waals surface area (Å²) in [5, 5.41) is 28.0. The number of aliphatic hydroxyl groups excluding tert-OH is 3. The van der Waals surface area contributed by atoms with Crippen molar-refractivity contribution in [3.05, 3.63) is 0 Å². The number of amides is 1. The van der Waals surface area contributed by atoms with E-state index in [1.54, 1.807) is 48.6 Å². The number of carbonyl (C=O) groups excluding carboxylic acids is 3. The first-order valence-electron chi connectivity index (χ1n) is 17.8. The van der Waals surface area contributed by atoms with Gasteiger partial charge in [0, 0.05) is 26.0 Å². The zero-order valence-corrected chi connectivity index (χ0v) is 35.5. The molecule has 18 nitrogen and oxygen atoms in total. The van der Waals surface area contributed by atoms with E-state index in [4.69, 9.17) is 69.6 Å². The molecule has 4 N–H and O–H groups in total. The molecular formula is C35H73ClN2O16. The summed E-state index contributed by atoms with van der Waals surface area (Å²) in [5.41, 5.74) is -1.87. The maximum Gasteiger partial charge on any atom is 0.519 e. The van der Waals surface area contributed by atoms with Crippen LogP contribution in [0.25, 0.3) is 0 Å². The summed E-state index contributed by atoms with van der Waals surface area (Å²) in [5.74, 6) is 0.514. The van der Waals surface area contributed by atoms with E-state index in [9.17, 15) is 14.4 Å². The smallest absolute Gasteiger partial charge is 0.444 e. The van der Waals surface area contributed by atoms with Crippen LogP contribution in [0.2, 0.25) is 0 Å². The fraction of sp³-hybridized carbons (Fsp3) is 0.914. The molecule has 54 heavy (non-hydrogen) atoms. The van der Waals surface area contributed by atoms with Crippen molar-refractivity contribution in [1.82, 2.24) is 10.2 Å². The molecule has 19 heteroatoms. The zero-order valence-electron chi connectivity index (χ0n) is 34.7. The summed E-state index contributed by atoms with van der Waals surface area (Å²) in [4.78, 5) is 35.1. The lowest BCUT2D eigenvalue weighted by atomic mass is 10.2. The Balaban J connectivity index is -0.000000317. The van der Waals surface area contributed by atoms with Gasteiger partial charge < -0.3 is 72.9 Å². The maximum absolute atomic E-state index is 11.6. The quantitative estimate of drug-likeness (QED) is 0.0383. The van der Waals surface area contributed by atoms with Crippen molar-refractivity contribution in [2.24, 2.45) is 0 Å². The summed E-state index contributed by atoms with van der Waals surface area (Å²) >= 11 is 5.34. The highest BCUT2D eigenvalue weighted by molar-refractivity contribution is 6.17. The first kappa shape index (κ1) is 58.6. The molecule has 0 spiro atoms. The van der Waals surface area contributed by atoms with E-state index in [1.807, 2.05) is 27.8 Å². The van der Waals surface area contributed by atoms with Crippen molar-refractivity contribution in [2.75, 3.05) is 132 Å². The van der Waals surface area contributed by atoms with Crippen molar-refractivity contribution in [3.8, 4) is 0 Å². The maximum atomic E-state index is 11.6. The summed E-state index contributed by atoms with van der Waals surface area (Å²) in [6, 6.07) is 0. The topological polar surface area (TPSA) is 219 Å². The van der Waals surface area contributed by atoms with Crippen molar-refractivity contribution >= 4 is 30.0 Å². The molecule has 0 aliphatic carbocycles. The molecule has 0 aliphatic heterocycles. The Labute approximate surface area is 328 Å². The molecule has 0 rings (SSSR count). The largest absolute Gasteiger partial charge is 0.519 e. The highest BCUT2D eigenvalue weighted by Gasteiger charge is 2.24. The van der Waals surface area contributed by atoms with Crippen LogP contribution >= 0.6 is 11.6 Å². The minimum absolute atomic E-state index is 0.0153. The van der Waals surface area contributed by atoms with Crippen molar-refractivity contribution in [1.29, 1.82) is 0 Å². The number of hydrogen-bond donors (Lipinski definition) is 4. The van der Waals surface area contributed by atoms with Gasteiger partial charge in [-0.15, -0.1) is 11.6 Å². The van der Waals surface area contributed by atoms with Gasteiger partial charge in [-0.2, -0.15) is 0 Å². The summed E-state index contributed by atoms with van der Waals surface area (Å²) in [7, 11) is 3.55. The molecule has 0 bridgehead atoms. The van der Waals surface area contributed by atoms with Crippen LogP contribution in [0.1, 0.15) is 62.3 Å². The monoisotopic (exact) mass is 812 g/mol. The van der Waals surface area contributed by atoms with Crippen LogP contribution < -0.4 is 5.32 Å². The van der Waals surface area contributed by atoms with E-state index in [0.717, 1.165) is 6.54 Å².